The molecule has 3 amide bonds. The quantitative estimate of drug-likeness (QED) is 0.561. The first kappa shape index (κ1) is 24.2. The number of aryl methyl sites for hydroxylation is 1. The summed E-state index contributed by atoms with van der Waals surface area (Å²) in [5, 5.41) is 2.38. The Balaban J connectivity index is 1.63. The molecule has 2 aromatic carbocycles. The molecule has 0 unspecified atom stereocenters. The molecule has 0 atom stereocenters. The van der Waals surface area contributed by atoms with Gasteiger partial charge in [-0.2, -0.15) is 0 Å². The van der Waals surface area contributed by atoms with E-state index in [1.165, 1.54) is 21.3 Å². The van der Waals surface area contributed by atoms with E-state index in [-0.39, 0.29) is 35.6 Å². The Morgan fingerprint density at radius 1 is 1.03 bits per heavy atom. The number of ether oxygens (including phenoxy) is 3. The molecule has 1 aliphatic heterocycles. The summed E-state index contributed by atoms with van der Waals surface area (Å²) in [6.07, 6.45) is 1.84. The van der Waals surface area contributed by atoms with Gasteiger partial charge in [-0.3, -0.25) is 19.3 Å². The van der Waals surface area contributed by atoms with Gasteiger partial charge in [0.05, 0.1) is 32.7 Å². The van der Waals surface area contributed by atoms with Crippen molar-refractivity contribution in [2.24, 2.45) is 0 Å². The molecule has 3 rings (SSSR count). The summed E-state index contributed by atoms with van der Waals surface area (Å²) in [5.41, 5.74) is 2.65. The smallest absolute Gasteiger partial charge is 0.293 e. The molecule has 1 N–H and O–H groups in total. The van der Waals surface area contributed by atoms with E-state index >= 15 is 0 Å². The van der Waals surface area contributed by atoms with Gasteiger partial charge in [-0.15, -0.1) is 0 Å². The molecule has 2 aromatic rings. The van der Waals surface area contributed by atoms with E-state index in [1.54, 1.807) is 18.2 Å². The summed E-state index contributed by atoms with van der Waals surface area (Å²) >= 11 is 0.849. The van der Waals surface area contributed by atoms with E-state index in [0.29, 0.717) is 22.8 Å². The van der Waals surface area contributed by atoms with Crippen molar-refractivity contribution >= 4 is 34.9 Å². The van der Waals surface area contributed by atoms with Crippen LogP contribution in [0, 0.1) is 6.92 Å². The Labute approximate surface area is 196 Å². The van der Waals surface area contributed by atoms with Crippen molar-refractivity contribution in [1.29, 1.82) is 0 Å². The lowest BCUT2D eigenvalue weighted by atomic mass is 10.1. The lowest BCUT2D eigenvalue weighted by molar-refractivity contribution is -0.124. The number of amides is 3. The van der Waals surface area contributed by atoms with E-state index in [9.17, 15) is 14.4 Å². The Kier molecular flexibility index (Phi) is 8.00. The van der Waals surface area contributed by atoms with Crippen LogP contribution in [0.3, 0.4) is 0 Å². The molecular formula is C24H26N2O6S. The molecule has 174 valence electrons. The van der Waals surface area contributed by atoms with Crippen LogP contribution in [0.25, 0.3) is 6.08 Å². The fourth-order valence-corrected chi connectivity index (χ4v) is 4.15. The lowest BCUT2D eigenvalue weighted by Gasteiger charge is -2.13. The highest BCUT2D eigenvalue weighted by molar-refractivity contribution is 8.18. The fraction of sp³-hybridized carbons (Fsp3) is 0.292. The van der Waals surface area contributed by atoms with Gasteiger partial charge in [-0.1, -0.05) is 29.8 Å². The second-order valence-electron chi connectivity index (χ2n) is 7.30. The van der Waals surface area contributed by atoms with Crippen LogP contribution in [0.5, 0.6) is 17.2 Å². The summed E-state index contributed by atoms with van der Waals surface area (Å²) in [5.74, 6) is 0.745. The maximum Gasteiger partial charge on any atom is 0.293 e. The Hall–Kier alpha value is -3.46. The molecule has 1 heterocycles. The largest absolute Gasteiger partial charge is 0.493 e. The Morgan fingerprint density at radius 2 is 1.67 bits per heavy atom. The molecule has 1 fully saturated rings. The van der Waals surface area contributed by atoms with E-state index in [2.05, 4.69) is 5.32 Å². The van der Waals surface area contributed by atoms with Gasteiger partial charge in [0, 0.05) is 13.1 Å². The van der Waals surface area contributed by atoms with Gasteiger partial charge < -0.3 is 19.5 Å². The number of nitrogens with one attached hydrogen (secondary N) is 1. The van der Waals surface area contributed by atoms with Gasteiger partial charge in [0.2, 0.25) is 11.7 Å². The molecule has 9 heteroatoms. The first-order valence-corrected chi connectivity index (χ1v) is 11.1. The molecule has 0 saturated carbocycles. The number of thioether (sulfide) groups is 1. The maximum atomic E-state index is 12.8. The van der Waals surface area contributed by atoms with E-state index in [4.69, 9.17) is 14.2 Å². The monoisotopic (exact) mass is 470 g/mol. The van der Waals surface area contributed by atoms with Gasteiger partial charge in [0.1, 0.15) is 0 Å². The zero-order valence-electron chi connectivity index (χ0n) is 19.0. The predicted molar refractivity (Wildman–Crippen MR) is 127 cm³/mol. The lowest BCUT2D eigenvalue weighted by Crippen LogP contribution is -2.37. The van der Waals surface area contributed by atoms with E-state index in [1.807, 2.05) is 31.2 Å². The van der Waals surface area contributed by atoms with Crippen LogP contribution >= 0.6 is 11.8 Å². The number of carbonyl (C=O) groups excluding carboxylic acids is 3. The number of hydrogen-bond acceptors (Lipinski definition) is 7. The van der Waals surface area contributed by atoms with Crippen molar-refractivity contribution in [3.63, 3.8) is 0 Å². The maximum absolute atomic E-state index is 12.8. The number of benzene rings is 2. The molecule has 1 saturated heterocycles. The zero-order valence-corrected chi connectivity index (χ0v) is 19.8. The summed E-state index contributed by atoms with van der Waals surface area (Å²) in [7, 11) is 4.51. The van der Waals surface area contributed by atoms with Crippen molar-refractivity contribution in [2.75, 3.05) is 34.4 Å². The highest BCUT2D eigenvalue weighted by Gasteiger charge is 2.34. The third-order valence-electron chi connectivity index (χ3n) is 5.00. The van der Waals surface area contributed by atoms with Crippen LogP contribution < -0.4 is 19.5 Å². The van der Waals surface area contributed by atoms with Crippen LogP contribution in [0.4, 0.5) is 4.79 Å². The molecule has 0 radical (unpaired) electrons. The van der Waals surface area contributed by atoms with Crippen molar-refractivity contribution in [2.45, 2.75) is 13.3 Å². The molecular weight excluding hydrogens is 444 g/mol. The number of imide groups is 1. The summed E-state index contributed by atoms with van der Waals surface area (Å²) in [6, 6.07) is 11.1. The van der Waals surface area contributed by atoms with Crippen LogP contribution in [-0.2, 0) is 16.0 Å². The zero-order chi connectivity index (χ0) is 24.0. The highest BCUT2D eigenvalue weighted by atomic mass is 32.2. The number of methoxy groups -OCH3 is 3. The van der Waals surface area contributed by atoms with Crippen molar-refractivity contribution < 1.29 is 28.6 Å². The SMILES string of the molecule is COc1cc(/C=C2\SC(=O)N(CCNC(=O)Cc3ccc(C)cc3)C2=O)cc(OC)c1OC. The number of rotatable bonds is 9. The highest BCUT2D eigenvalue weighted by Crippen LogP contribution is 2.40. The van der Waals surface area contributed by atoms with Crippen LogP contribution in [0.15, 0.2) is 41.3 Å². The molecule has 0 spiro atoms. The van der Waals surface area contributed by atoms with Crippen molar-refractivity contribution in [3.05, 3.63) is 58.0 Å². The van der Waals surface area contributed by atoms with Gasteiger partial charge in [-0.25, -0.2) is 0 Å². The fourth-order valence-electron chi connectivity index (χ4n) is 3.29. The van der Waals surface area contributed by atoms with Crippen LogP contribution in [-0.4, -0.2) is 56.4 Å². The Bertz CT molecular complexity index is 1060. The standard InChI is InChI=1S/C24H26N2O6S/c1-15-5-7-16(8-6-15)14-21(27)25-9-10-26-23(28)20(33-24(26)29)13-17-11-18(30-2)22(32-4)19(12-17)31-3/h5-8,11-13H,9-10,14H2,1-4H3,(H,25,27)/b20-13-. The molecule has 0 aromatic heterocycles. The third kappa shape index (κ3) is 5.87. The van der Waals surface area contributed by atoms with Gasteiger partial charge in [-0.05, 0) is 48.0 Å². The topological polar surface area (TPSA) is 94.2 Å². The first-order valence-electron chi connectivity index (χ1n) is 10.2. The minimum atomic E-state index is -0.411. The van der Waals surface area contributed by atoms with Crippen LogP contribution in [0.2, 0.25) is 0 Å². The average molecular weight is 471 g/mol. The predicted octanol–water partition coefficient (Wildman–Crippen LogP) is 3.42. The van der Waals surface area contributed by atoms with Gasteiger partial charge in [0.15, 0.2) is 11.5 Å². The van der Waals surface area contributed by atoms with E-state index < -0.39 is 5.91 Å². The van der Waals surface area contributed by atoms with Crippen molar-refractivity contribution in [1.82, 2.24) is 10.2 Å². The first-order chi connectivity index (χ1) is 15.9. The second-order valence-corrected chi connectivity index (χ2v) is 8.30. The molecule has 33 heavy (non-hydrogen) atoms. The molecule has 0 aliphatic carbocycles. The van der Waals surface area contributed by atoms with Gasteiger partial charge in [0.25, 0.3) is 11.1 Å². The Morgan fingerprint density at radius 3 is 2.24 bits per heavy atom. The number of hydrogen-bond donors (Lipinski definition) is 1. The summed E-state index contributed by atoms with van der Waals surface area (Å²) in [4.78, 5) is 38.7. The summed E-state index contributed by atoms with van der Waals surface area (Å²) in [6.45, 7) is 2.26. The number of carbonyl (C=O) groups is 3. The minimum absolute atomic E-state index is 0.0941. The van der Waals surface area contributed by atoms with Gasteiger partial charge >= 0.3 is 0 Å². The second kappa shape index (κ2) is 10.9. The number of nitrogens with zero attached hydrogens (tertiary/aromatic N) is 1. The van der Waals surface area contributed by atoms with E-state index in [0.717, 1.165) is 27.8 Å². The molecule has 1 aliphatic rings. The average Bonchev–Trinajstić information content (AvgIpc) is 3.07. The normalized spacial score (nSPS) is 14.5. The summed E-state index contributed by atoms with van der Waals surface area (Å²) < 4.78 is 16.0. The molecule has 0 bridgehead atoms. The molecule has 8 nitrogen and oxygen atoms in total. The third-order valence-corrected chi connectivity index (χ3v) is 5.91. The van der Waals surface area contributed by atoms with Crippen LogP contribution in [0.1, 0.15) is 16.7 Å². The minimum Gasteiger partial charge on any atom is -0.493 e. The van der Waals surface area contributed by atoms with Crippen molar-refractivity contribution in [3.8, 4) is 17.2 Å².